The van der Waals surface area contributed by atoms with Crippen LogP contribution in [0.25, 0.3) is 10.8 Å². The van der Waals surface area contributed by atoms with Crippen LogP contribution in [0.1, 0.15) is 22.5 Å². The largest absolute Gasteiger partial charge is 0.368 e. The first kappa shape index (κ1) is 22.9. The van der Waals surface area contributed by atoms with E-state index in [1.165, 1.54) is 21.5 Å². The zero-order valence-corrected chi connectivity index (χ0v) is 20.6. The predicted octanol–water partition coefficient (Wildman–Crippen LogP) is 3.52. The van der Waals surface area contributed by atoms with Gasteiger partial charge in [0.05, 0.1) is 11.6 Å². The number of aryl methyl sites for hydroxylation is 3. The third kappa shape index (κ3) is 4.46. The number of rotatable bonds is 5. The van der Waals surface area contributed by atoms with Crippen molar-refractivity contribution in [2.45, 2.75) is 33.9 Å². The molecule has 0 unspecified atom stereocenters. The molecule has 4 aromatic rings. The Kier molecular flexibility index (Phi) is 6.16. The predicted molar refractivity (Wildman–Crippen MR) is 139 cm³/mol. The first-order chi connectivity index (χ1) is 16.9. The summed E-state index contributed by atoms with van der Waals surface area (Å²) in [7, 11) is 0. The van der Waals surface area contributed by atoms with Gasteiger partial charge in [-0.2, -0.15) is 5.10 Å². The van der Waals surface area contributed by atoms with Crippen LogP contribution >= 0.6 is 0 Å². The average Bonchev–Trinajstić information content (AvgIpc) is 3.12. The van der Waals surface area contributed by atoms with Crippen molar-refractivity contribution in [2.24, 2.45) is 0 Å². The minimum atomic E-state index is -0.206. The van der Waals surface area contributed by atoms with Crippen molar-refractivity contribution in [1.29, 1.82) is 0 Å². The average molecular weight is 470 g/mol. The van der Waals surface area contributed by atoms with Gasteiger partial charge in [-0.3, -0.25) is 9.59 Å². The molecule has 1 fully saturated rings. The maximum Gasteiger partial charge on any atom is 0.276 e. The number of anilines is 1. The van der Waals surface area contributed by atoms with Gasteiger partial charge >= 0.3 is 0 Å². The van der Waals surface area contributed by atoms with Crippen molar-refractivity contribution in [3.63, 3.8) is 0 Å². The van der Waals surface area contributed by atoms with E-state index in [0.29, 0.717) is 25.0 Å². The smallest absolute Gasteiger partial charge is 0.276 e. The molecular weight excluding hydrogens is 438 g/mol. The van der Waals surface area contributed by atoms with Crippen LogP contribution in [0, 0.1) is 20.8 Å². The number of fused-ring (bicyclic) bond motifs is 1. The van der Waals surface area contributed by atoms with E-state index in [4.69, 9.17) is 0 Å². The Morgan fingerprint density at radius 3 is 2.26 bits per heavy atom. The van der Waals surface area contributed by atoms with Gasteiger partial charge in [-0.1, -0.05) is 48.0 Å². The summed E-state index contributed by atoms with van der Waals surface area (Å²) in [5, 5.41) is 5.86. The molecule has 0 aliphatic carbocycles. The molecule has 7 heteroatoms. The number of amides is 1. The number of para-hydroxylation sites is 1. The molecule has 1 amide bonds. The standard InChI is InChI=1S/C28H31N5O2/c1-20-9-11-23(12-10-20)18-32-21(2)25-17-29-33(28(35)27(25)22(32)3)19-26(34)31-15-13-30(14-16-31)24-7-5-4-6-8-24/h4-12,17H,13-16,18-19H2,1-3H3. The summed E-state index contributed by atoms with van der Waals surface area (Å²) in [4.78, 5) is 30.5. The van der Waals surface area contributed by atoms with Crippen molar-refractivity contribution in [2.75, 3.05) is 31.1 Å². The van der Waals surface area contributed by atoms with Crippen molar-refractivity contribution in [3.8, 4) is 0 Å². The lowest BCUT2D eigenvalue weighted by Crippen LogP contribution is -2.50. The van der Waals surface area contributed by atoms with Crippen molar-refractivity contribution in [3.05, 3.63) is 93.7 Å². The van der Waals surface area contributed by atoms with E-state index in [2.05, 4.69) is 57.9 Å². The third-order valence-corrected chi connectivity index (χ3v) is 7.11. The van der Waals surface area contributed by atoms with Crippen molar-refractivity contribution in [1.82, 2.24) is 19.2 Å². The molecule has 0 bridgehead atoms. The number of hydrogen-bond acceptors (Lipinski definition) is 4. The molecule has 3 heterocycles. The van der Waals surface area contributed by atoms with Crippen molar-refractivity contribution >= 4 is 22.4 Å². The highest BCUT2D eigenvalue weighted by Crippen LogP contribution is 2.23. The highest BCUT2D eigenvalue weighted by molar-refractivity contribution is 5.87. The van der Waals surface area contributed by atoms with Gasteiger partial charge in [-0.25, -0.2) is 4.68 Å². The zero-order chi connectivity index (χ0) is 24.5. The van der Waals surface area contributed by atoms with Gasteiger partial charge in [0.15, 0.2) is 0 Å². The van der Waals surface area contributed by atoms with Crippen LogP contribution in [0.15, 0.2) is 65.6 Å². The van der Waals surface area contributed by atoms with Crippen molar-refractivity contribution < 1.29 is 4.79 Å². The molecule has 2 aromatic carbocycles. The number of aromatic nitrogens is 3. The number of nitrogens with zero attached hydrogens (tertiary/aromatic N) is 5. The molecule has 2 aromatic heterocycles. The maximum atomic E-state index is 13.4. The van der Waals surface area contributed by atoms with E-state index < -0.39 is 0 Å². The highest BCUT2D eigenvalue weighted by Gasteiger charge is 2.23. The lowest BCUT2D eigenvalue weighted by molar-refractivity contribution is -0.132. The Morgan fingerprint density at radius 1 is 0.886 bits per heavy atom. The van der Waals surface area contributed by atoms with Crippen LogP contribution in [-0.2, 0) is 17.9 Å². The lowest BCUT2D eigenvalue weighted by atomic mass is 10.1. The van der Waals surface area contributed by atoms with E-state index in [9.17, 15) is 9.59 Å². The minimum Gasteiger partial charge on any atom is -0.368 e. The first-order valence-corrected chi connectivity index (χ1v) is 12.1. The molecule has 5 rings (SSSR count). The summed E-state index contributed by atoms with van der Waals surface area (Å²) in [5.74, 6) is -0.0693. The number of benzene rings is 2. The fourth-order valence-corrected chi connectivity index (χ4v) is 4.95. The fourth-order valence-electron chi connectivity index (χ4n) is 4.95. The Bertz CT molecular complexity index is 1410. The zero-order valence-electron chi connectivity index (χ0n) is 20.6. The normalized spacial score (nSPS) is 14.0. The summed E-state index contributed by atoms with van der Waals surface area (Å²) in [6.45, 7) is 9.54. The molecule has 0 atom stereocenters. The molecule has 0 saturated carbocycles. The van der Waals surface area contributed by atoms with Crippen LogP contribution < -0.4 is 10.5 Å². The van der Waals surface area contributed by atoms with Gasteiger partial charge in [0.2, 0.25) is 5.91 Å². The van der Waals surface area contributed by atoms with E-state index in [0.717, 1.165) is 29.9 Å². The van der Waals surface area contributed by atoms with Gasteiger partial charge in [0.1, 0.15) is 6.54 Å². The Morgan fingerprint density at radius 2 is 1.57 bits per heavy atom. The summed E-state index contributed by atoms with van der Waals surface area (Å²) in [6.07, 6.45) is 1.73. The van der Waals surface area contributed by atoms with Gasteiger partial charge < -0.3 is 14.4 Å². The Labute approximate surface area is 205 Å². The summed E-state index contributed by atoms with van der Waals surface area (Å²) < 4.78 is 3.48. The molecule has 35 heavy (non-hydrogen) atoms. The fraction of sp³-hybridized carbons (Fsp3) is 0.321. The van der Waals surface area contributed by atoms with Crippen LogP contribution in [0.3, 0.4) is 0 Å². The Balaban J connectivity index is 1.33. The summed E-state index contributed by atoms with van der Waals surface area (Å²) in [5.41, 5.74) is 5.28. The van der Waals surface area contributed by atoms with E-state index >= 15 is 0 Å². The molecule has 1 aliphatic rings. The van der Waals surface area contributed by atoms with E-state index in [1.54, 1.807) is 6.20 Å². The minimum absolute atomic E-state index is 0.0399. The number of hydrogen-bond donors (Lipinski definition) is 0. The topological polar surface area (TPSA) is 63.4 Å². The monoisotopic (exact) mass is 469 g/mol. The molecular formula is C28H31N5O2. The van der Waals surface area contributed by atoms with Gasteiger partial charge in [0, 0.05) is 55.2 Å². The molecule has 180 valence electrons. The highest BCUT2D eigenvalue weighted by atomic mass is 16.2. The van der Waals surface area contributed by atoms with E-state index in [1.807, 2.05) is 36.9 Å². The molecule has 7 nitrogen and oxygen atoms in total. The summed E-state index contributed by atoms with van der Waals surface area (Å²) in [6, 6.07) is 18.7. The number of carbonyl (C=O) groups excluding carboxylic acids is 1. The third-order valence-electron chi connectivity index (χ3n) is 7.11. The molecule has 0 spiro atoms. The Hall–Kier alpha value is -3.87. The lowest BCUT2D eigenvalue weighted by Gasteiger charge is -2.36. The second-order valence-electron chi connectivity index (χ2n) is 9.34. The van der Waals surface area contributed by atoms with Gasteiger partial charge in [-0.05, 0) is 38.5 Å². The van der Waals surface area contributed by atoms with Gasteiger partial charge in [0.25, 0.3) is 5.56 Å². The first-order valence-electron chi connectivity index (χ1n) is 12.1. The van der Waals surface area contributed by atoms with Crippen LogP contribution in [0.2, 0.25) is 0 Å². The second-order valence-corrected chi connectivity index (χ2v) is 9.34. The second kappa shape index (κ2) is 9.41. The van der Waals surface area contributed by atoms with Gasteiger partial charge in [-0.15, -0.1) is 0 Å². The molecule has 0 N–H and O–H groups in total. The van der Waals surface area contributed by atoms with E-state index in [-0.39, 0.29) is 18.0 Å². The van der Waals surface area contributed by atoms with Crippen LogP contribution in [0.4, 0.5) is 5.69 Å². The maximum absolute atomic E-state index is 13.4. The molecule has 1 saturated heterocycles. The van der Waals surface area contributed by atoms with Crippen LogP contribution in [-0.4, -0.2) is 51.3 Å². The molecule has 1 aliphatic heterocycles. The van der Waals surface area contributed by atoms with Crippen LogP contribution in [0.5, 0.6) is 0 Å². The summed E-state index contributed by atoms with van der Waals surface area (Å²) >= 11 is 0. The quantitative estimate of drug-likeness (QED) is 0.449. The number of carbonyl (C=O) groups is 1. The molecule has 0 radical (unpaired) electrons. The number of piperazine rings is 1. The SMILES string of the molecule is Cc1ccc(Cn2c(C)c3cnn(CC(=O)N4CCN(c5ccccc5)CC4)c(=O)c3c2C)cc1.